The lowest BCUT2D eigenvalue weighted by Crippen LogP contribution is -2.29. The second kappa shape index (κ2) is 7.32. The van der Waals surface area contributed by atoms with Crippen LogP contribution in [-0.2, 0) is 13.5 Å². The molecule has 0 N–H and O–H groups in total. The Morgan fingerprint density at radius 3 is 2.10 bits per heavy atom. The number of fused-ring (bicyclic) bond motifs is 1. The number of anilines is 1. The summed E-state index contributed by atoms with van der Waals surface area (Å²) in [5, 5.41) is 4.98. The molecule has 2 amide bonds. The number of amides is 2. The maximum atomic E-state index is 12.8. The summed E-state index contributed by atoms with van der Waals surface area (Å²) in [7, 11) is 1.63. The third-order valence-corrected chi connectivity index (χ3v) is 6.37. The second-order valence-corrected chi connectivity index (χ2v) is 8.66. The highest BCUT2D eigenvalue weighted by Gasteiger charge is 2.36. The predicted octanol–water partition coefficient (Wildman–Crippen LogP) is 4.36. The lowest BCUT2D eigenvalue weighted by atomic mass is 10.1. The van der Waals surface area contributed by atoms with Crippen molar-refractivity contribution >= 4 is 40.7 Å². The molecule has 0 radical (unpaired) electrons. The molecule has 31 heavy (non-hydrogen) atoms. The first-order chi connectivity index (χ1) is 14.8. The number of carbonyl (C=O) groups is 2. The Labute approximate surface area is 188 Å². The van der Waals surface area contributed by atoms with E-state index in [2.05, 4.69) is 5.10 Å². The van der Waals surface area contributed by atoms with Crippen LogP contribution in [0.25, 0.3) is 0 Å². The first kappa shape index (κ1) is 20.0. The fourth-order valence-electron chi connectivity index (χ4n) is 3.96. The minimum absolute atomic E-state index is 0.0792. The zero-order valence-corrected chi connectivity index (χ0v) is 18.1. The van der Waals surface area contributed by atoms with E-state index in [1.54, 1.807) is 43.4 Å². The molecule has 6 nitrogen and oxygen atoms in total. The van der Waals surface area contributed by atoms with E-state index in [4.69, 9.17) is 23.2 Å². The zero-order valence-electron chi connectivity index (χ0n) is 16.6. The lowest BCUT2D eigenvalue weighted by Gasteiger charge is -2.17. The van der Waals surface area contributed by atoms with Gasteiger partial charge in [0.15, 0.2) is 0 Å². The van der Waals surface area contributed by atoms with E-state index in [1.165, 1.54) is 4.68 Å². The summed E-state index contributed by atoms with van der Waals surface area (Å²) < 4.78 is 1.35. The van der Waals surface area contributed by atoms with E-state index in [-0.39, 0.29) is 5.56 Å². The maximum Gasteiger partial charge on any atom is 0.269 e. The summed E-state index contributed by atoms with van der Waals surface area (Å²) in [5.74, 6) is -0.522. The highest BCUT2D eigenvalue weighted by atomic mass is 35.5. The Bertz CT molecular complexity index is 1270. The molecule has 3 aromatic rings. The average Bonchev–Trinajstić information content (AvgIpc) is 3.54. The summed E-state index contributed by atoms with van der Waals surface area (Å²) in [4.78, 5) is 38.9. The van der Waals surface area contributed by atoms with Gasteiger partial charge < -0.3 is 0 Å². The number of rotatable bonds is 4. The Balaban J connectivity index is 1.49. The van der Waals surface area contributed by atoms with Gasteiger partial charge >= 0.3 is 0 Å². The van der Waals surface area contributed by atoms with Crippen molar-refractivity contribution in [2.45, 2.75) is 25.2 Å². The molecule has 1 fully saturated rings. The Morgan fingerprint density at radius 2 is 1.55 bits per heavy atom. The highest BCUT2D eigenvalue weighted by Crippen LogP contribution is 2.39. The van der Waals surface area contributed by atoms with Crippen molar-refractivity contribution in [3.8, 4) is 0 Å². The van der Waals surface area contributed by atoms with Crippen molar-refractivity contribution in [1.29, 1.82) is 0 Å². The van der Waals surface area contributed by atoms with Crippen LogP contribution in [0.5, 0.6) is 0 Å². The van der Waals surface area contributed by atoms with Gasteiger partial charge in [-0.3, -0.25) is 14.4 Å². The van der Waals surface area contributed by atoms with Crippen molar-refractivity contribution in [3.63, 3.8) is 0 Å². The molecule has 1 aromatic heterocycles. The smallest absolute Gasteiger partial charge is 0.268 e. The van der Waals surface area contributed by atoms with Crippen LogP contribution < -0.4 is 10.5 Å². The molecule has 1 aliphatic carbocycles. The molecule has 156 valence electrons. The Hall–Kier alpha value is -2.96. The standard InChI is InChI=1S/C23H17Cl2N3O3/c1-27-21(29)17(12-6-7-12)8-13(26-27)9-18-19(24)10-14(11-20(18)25)28-22(30)15-4-2-3-5-16(15)23(28)31/h2-5,8,10-12H,6-7,9H2,1H3. The molecule has 1 saturated carbocycles. The third-order valence-electron chi connectivity index (χ3n) is 5.69. The Morgan fingerprint density at radius 1 is 0.968 bits per heavy atom. The van der Waals surface area contributed by atoms with Gasteiger partial charge in [0.25, 0.3) is 17.4 Å². The van der Waals surface area contributed by atoms with Crippen molar-refractivity contribution < 1.29 is 9.59 Å². The van der Waals surface area contributed by atoms with Crippen LogP contribution in [0.1, 0.15) is 56.3 Å². The predicted molar refractivity (Wildman–Crippen MR) is 118 cm³/mol. The average molecular weight is 454 g/mol. The Kier molecular flexibility index (Phi) is 4.72. The molecule has 1 aliphatic heterocycles. The topological polar surface area (TPSA) is 72.3 Å². The molecule has 2 aliphatic rings. The van der Waals surface area contributed by atoms with Gasteiger partial charge in [0.05, 0.1) is 22.5 Å². The molecule has 0 saturated heterocycles. The number of imide groups is 1. The van der Waals surface area contributed by atoms with Gasteiger partial charge in [-0.25, -0.2) is 9.58 Å². The summed E-state index contributed by atoms with van der Waals surface area (Å²) in [6.45, 7) is 0. The molecule has 5 rings (SSSR count). The van der Waals surface area contributed by atoms with Gasteiger partial charge in [-0.15, -0.1) is 0 Å². The molecule has 2 aromatic carbocycles. The minimum Gasteiger partial charge on any atom is -0.268 e. The number of benzene rings is 2. The molecule has 8 heteroatoms. The van der Waals surface area contributed by atoms with Crippen LogP contribution in [0.2, 0.25) is 10.0 Å². The van der Waals surface area contributed by atoms with Crippen LogP contribution in [0.3, 0.4) is 0 Å². The third kappa shape index (κ3) is 3.36. The fraction of sp³-hybridized carbons (Fsp3) is 0.217. The van der Waals surface area contributed by atoms with Gasteiger partial charge in [0, 0.05) is 29.1 Å². The minimum atomic E-state index is -0.408. The number of aryl methyl sites for hydroxylation is 1. The fourth-order valence-corrected chi connectivity index (χ4v) is 4.57. The van der Waals surface area contributed by atoms with Crippen LogP contribution in [0.4, 0.5) is 5.69 Å². The van der Waals surface area contributed by atoms with Crippen LogP contribution in [-0.4, -0.2) is 21.6 Å². The SMILES string of the molecule is Cn1nc(Cc2c(Cl)cc(N3C(=O)c4ccccc4C3=O)cc2Cl)cc(C2CC2)c1=O. The molecular formula is C23H17Cl2N3O3. The summed E-state index contributed by atoms with van der Waals surface area (Å²) >= 11 is 13.1. The molecule has 0 spiro atoms. The first-order valence-corrected chi connectivity index (χ1v) is 10.6. The number of nitrogens with zero attached hydrogens (tertiary/aromatic N) is 3. The van der Waals surface area contributed by atoms with E-state index in [0.717, 1.165) is 23.3 Å². The summed E-state index contributed by atoms with van der Waals surface area (Å²) in [6.07, 6.45) is 2.35. The number of halogens is 2. The van der Waals surface area contributed by atoms with Crippen LogP contribution in [0, 0.1) is 0 Å². The molecule has 0 atom stereocenters. The maximum absolute atomic E-state index is 12.8. The lowest BCUT2D eigenvalue weighted by molar-refractivity contribution is 0.0926. The van der Waals surface area contributed by atoms with E-state index in [1.807, 2.05) is 6.07 Å². The van der Waals surface area contributed by atoms with E-state index in [9.17, 15) is 14.4 Å². The normalized spacial score (nSPS) is 15.5. The van der Waals surface area contributed by atoms with Crippen molar-refractivity contribution in [2.75, 3.05) is 4.90 Å². The van der Waals surface area contributed by atoms with Gasteiger partial charge in [0.2, 0.25) is 0 Å². The monoisotopic (exact) mass is 453 g/mol. The van der Waals surface area contributed by atoms with Crippen molar-refractivity contribution in [3.05, 3.63) is 90.8 Å². The first-order valence-electron chi connectivity index (χ1n) is 9.88. The molecule has 0 bridgehead atoms. The number of hydrogen-bond acceptors (Lipinski definition) is 4. The van der Waals surface area contributed by atoms with E-state index < -0.39 is 11.8 Å². The molecule has 0 unspecified atom stereocenters. The van der Waals surface area contributed by atoms with E-state index in [0.29, 0.717) is 50.5 Å². The van der Waals surface area contributed by atoms with Crippen LogP contribution in [0.15, 0.2) is 47.3 Å². The summed E-state index contributed by atoms with van der Waals surface area (Å²) in [6, 6.07) is 11.6. The van der Waals surface area contributed by atoms with Crippen LogP contribution >= 0.6 is 23.2 Å². The number of hydrogen-bond donors (Lipinski definition) is 0. The summed E-state index contributed by atoms with van der Waals surface area (Å²) in [5.41, 5.74) is 3.01. The van der Waals surface area contributed by atoms with Gasteiger partial charge in [-0.1, -0.05) is 35.3 Å². The van der Waals surface area contributed by atoms with Crippen molar-refractivity contribution in [1.82, 2.24) is 9.78 Å². The van der Waals surface area contributed by atoms with E-state index >= 15 is 0 Å². The van der Waals surface area contributed by atoms with Gasteiger partial charge in [-0.2, -0.15) is 5.10 Å². The molecule has 2 heterocycles. The number of carbonyl (C=O) groups excluding carboxylic acids is 2. The quantitative estimate of drug-likeness (QED) is 0.550. The zero-order chi connectivity index (χ0) is 21.9. The van der Waals surface area contributed by atoms with Crippen molar-refractivity contribution in [2.24, 2.45) is 7.05 Å². The second-order valence-electron chi connectivity index (χ2n) is 7.85. The number of aromatic nitrogens is 2. The largest absolute Gasteiger partial charge is 0.269 e. The molecular weight excluding hydrogens is 437 g/mol. The highest BCUT2D eigenvalue weighted by molar-refractivity contribution is 6.38. The van der Waals surface area contributed by atoms with Gasteiger partial charge in [-0.05, 0) is 54.7 Å². The van der Waals surface area contributed by atoms with Gasteiger partial charge in [0.1, 0.15) is 0 Å².